The summed E-state index contributed by atoms with van der Waals surface area (Å²) < 4.78 is 1.54. The summed E-state index contributed by atoms with van der Waals surface area (Å²) in [4.78, 5) is 8.02. The summed E-state index contributed by atoms with van der Waals surface area (Å²) in [6, 6.07) is 6.85. The van der Waals surface area contributed by atoms with Crippen LogP contribution in [0, 0.1) is 0 Å². The van der Waals surface area contributed by atoms with Crippen LogP contribution in [0.25, 0.3) is 5.78 Å². The number of nitrogens with one attached hydrogen (secondary N) is 1. The zero-order valence-electron chi connectivity index (χ0n) is 9.31. The molecule has 1 aromatic carbocycles. The van der Waals surface area contributed by atoms with Gasteiger partial charge in [0, 0.05) is 11.8 Å². The van der Waals surface area contributed by atoms with E-state index in [1.807, 2.05) is 0 Å². The number of hydrogen-bond acceptors (Lipinski definition) is 4. The van der Waals surface area contributed by atoms with Gasteiger partial charge in [0.2, 0.25) is 0 Å². The van der Waals surface area contributed by atoms with E-state index in [9.17, 15) is 0 Å². The number of nitrogens with zero attached hydrogens (tertiary/aromatic N) is 4. The van der Waals surface area contributed by atoms with Crippen LogP contribution in [-0.4, -0.2) is 19.6 Å². The maximum absolute atomic E-state index is 5.96. The molecule has 0 amide bonds. The second kappa shape index (κ2) is 4.85. The van der Waals surface area contributed by atoms with E-state index < -0.39 is 0 Å². The van der Waals surface area contributed by atoms with Crippen LogP contribution in [0.2, 0.25) is 15.2 Å². The predicted octanol–water partition coefficient (Wildman–Crippen LogP) is 3.83. The van der Waals surface area contributed by atoms with Crippen molar-refractivity contribution in [3.8, 4) is 0 Å². The van der Waals surface area contributed by atoms with Crippen LogP contribution in [0.4, 0.5) is 11.5 Å². The summed E-state index contributed by atoms with van der Waals surface area (Å²) in [5, 5.41) is 8.47. The van der Waals surface area contributed by atoms with Crippen LogP contribution in [0.5, 0.6) is 0 Å². The van der Waals surface area contributed by atoms with Crippen LogP contribution < -0.4 is 5.32 Å². The van der Waals surface area contributed by atoms with Crippen molar-refractivity contribution < 1.29 is 0 Å². The highest BCUT2D eigenvalue weighted by molar-refractivity contribution is 6.42. The first-order valence-corrected chi connectivity index (χ1v) is 6.35. The van der Waals surface area contributed by atoms with E-state index in [2.05, 4.69) is 20.4 Å². The van der Waals surface area contributed by atoms with E-state index in [0.717, 1.165) is 5.69 Å². The highest BCUT2D eigenvalue weighted by Crippen LogP contribution is 2.27. The molecule has 0 aliphatic rings. The van der Waals surface area contributed by atoms with Crippen LogP contribution in [0.15, 0.2) is 30.6 Å². The molecule has 2 aromatic heterocycles. The molecule has 2 heterocycles. The molecule has 0 spiro atoms. The minimum atomic E-state index is 0.322. The third-order valence-corrected chi connectivity index (χ3v) is 3.35. The van der Waals surface area contributed by atoms with Crippen LogP contribution in [-0.2, 0) is 0 Å². The van der Waals surface area contributed by atoms with Gasteiger partial charge in [0.25, 0.3) is 5.78 Å². The first-order valence-electron chi connectivity index (χ1n) is 5.22. The SMILES string of the molecule is Clc1cc(Nc2ccc(Cl)c(Cl)c2)n2ncnc2n1. The Morgan fingerprint density at radius 1 is 1.05 bits per heavy atom. The minimum absolute atomic E-state index is 0.322. The van der Waals surface area contributed by atoms with E-state index in [0.29, 0.717) is 26.8 Å². The Kier molecular flexibility index (Phi) is 3.18. The molecule has 0 atom stereocenters. The van der Waals surface area contributed by atoms with Gasteiger partial charge in [-0.15, -0.1) is 0 Å². The minimum Gasteiger partial charge on any atom is -0.340 e. The molecule has 0 saturated carbocycles. The Morgan fingerprint density at radius 2 is 1.89 bits per heavy atom. The van der Waals surface area contributed by atoms with E-state index in [-0.39, 0.29) is 0 Å². The summed E-state index contributed by atoms with van der Waals surface area (Å²) in [6.07, 6.45) is 1.40. The Balaban J connectivity index is 2.04. The smallest absolute Gasteiger partial charge is 0.255 e. The Bertz CT molecular complexity index is 755. The molecule has 5 nitrogen and oxygen atoms in total. The summed E-state index contributed by atoms with van der Waals surface area (Å²) in [5.74, 6) is 1.04. The molecule has 1 N–H and O–H groups in total. The van der Waals surface area contributed by atoms with E-state index in [4.69, 9.17) is 34.8 Å². The van der Waals surface area contributed by atoms with Gasteiger partial charge in [-0.25, -0.2) is 0 Å². The fraction of sp³-hybridized carbons (Fsp3) is 0. The van der Waals surface area contributed by atoms with Crippen molar-refractivity contribution in [1.29, 1.82) is 0 Å². The van der Waals surface area contributed by atoms with E-state index in [1.165, 1.54) is 10.8 Å². The van der Waals surface area contributed by atoms with Crippen molar-refractivity contribution in [3.05, 3.63) is 45.8 Å². The van der Waals surface area contributed by atoms with Gasteiger partial charge in [0.05, 0.1) is 10.0 Å². The molecule has 0 radical (unpaired) electrons. The molecule has 8 heteroatoms. The lowest BCUT2D eigenvalue weighted by Crippen LogP contribution is -2.01. The molecule has 0 aliphatic carbocycles. The van der Waals surface area contributed by atoms with Gasteiger partial charge in [0.1, 0.15) is 17.3 Å². The second-order valence-corrected chi connectivity index (χ2v) is 4.89. The molecule has 0 aliphatic heterocycles. The third kappa shape index (κ3) is 2.45. The van der Waals surface area contributed by atoms with E-state index >= 15 is 0 Å². The standard InChI is InChI=1S/C11H6Cl3N5/c12-7-2-1-6(3-8(7)13)17-10-4-9(14)18-11-15-5-16-19(10)11/h1-5,17H. The number of benzene rings is 1. The van der Waals surface area contributed by atoms with Gasteiger partial charge < -0.3 is 5.32 Å². The zero-order valence-corrected chi connectivity index (χ0v) is 11.6. The number of aromatic nitrogens is 4. The number of anilines is 2. The first-order chi connectivity index (χ1) is 9.13. The summed E-state index contributed by atoms with van der Waals surface area (Å²) >= 11 is 17.8. The Labute approximate surface area is 123 Å². The van der Waals surface area contributed by atoms with Crippen molar-refractivity contribution in [2.45, 2.75) is 0 Å². The maximum Gasteiger partial charge on any atom is 0.255 e. The second-order valence-electron chi connectivity index (χ2n) is 3.69. The quantitative estimate of drug-likeness (QED) is 0.730. The van der Waals surface area contributed by atoms with Crippen molar-refractivity contribution in [1.82, 2.24) is 19.6 Å². The molecule has 0 saturated heterocycles. The molecule has 3 rings (SSSR count). The van der Waals surface area contributed by atoms with Crippen molar-refractivity contribution >= 4 is 52.1 Å². The average molecular weight is 315 g/mol. The number of fused-ring (bicyclic) bond motifs is 1. The Hall–Kier alpha value is -1.56. The largest absolute Gasteiger partial charge is 0.340 e. The molecule has 19 heavy (non-hydrogen) atoms. The van der Waals surface area contributed by atoms with Gasteiger partial charge in [-0.1, -0.05) is 34.8 Å². The highest BCUT2D eigenvalue weighted by Gasteiger charge is 2.07. The van der Waals surface area contributed by atoms with Gasteiger partial charge in [-0.3, -0.25) is 0 Å². The predicted molar refractivity (Wildman–Crippen MR) is 75.5 cm³/mol. The highest BCUT2D eigenvalue weighted by atomic mass is 35.5. The third-order valence-electron chi connectivity index (χ3n) is 2.41. The lowest BCUT2D eigenvalue weighted by Gasteiger charge is -2.08. The van der Waals surface area contributed by atoms with Crippen molar-refractivity contribution in [3.63, 3.8) is 0 Å². The van der Waals surface area contributed by atoms with Crippen LogP contribution in [0.3, 0.4) is 0 Å². The van der Waals surface area contributed by atoms with Crippen LogP contribution >= 0.6 is 34.8 Å². The fourth-order valence-electron chi connectivity index (χ4n) is 1.59. The lowest BCUT2D eigenvalue weighted by molar-refractivity contribution is 0.947. The van der Waals surface area contributed by atoms with Gasteiger partial charge >= 0.3 is 0 Å². The van der Waals surface area contributed by atoms with Gasteiger partial charge in [-0.05, 0) is 18.2 Å². The average Bonchev–Trinajstić information content (AvgIpc) is 2.82. The van der Waals surface area contributed by atoms with Crippen molar-refractivity contribution in [2.24, 2.45) is 0 Å². The Morgan fingerprint density at radius 3 is 2.68 bits per heavy atom. The molecule has 3 aromatic rings. The number of halogens is 3. The molecule has 96 valence electrons. The normalized spacial score (nSPS) is 10.9. The number of rotatable bonds is 2. The summed E-state index contributed by atoms with van der Waals surface area (Å²) in [6.45, 7) is 0. The van der Waals surface area contributed by atoms with Crippen molar-refractivity contribution in [2.75, 3.05) is 5.32 Å². The van der Waals surface area contributed by atoms with E-state index in [1.54, 1.807) is 24.3 Å². The number of hydrogen-bond donors (Lipinski definition) is 1. The van der Waals surface area contributed by atoms with Gasteiger partial charge in [0.15, 0.2) is 0 Å². The molecular formula is C11H6Cl3N5. The monoisotopic (exact) mass is 313 g/mol. The molecule has 0 bridgehead atoms. The zero-order chi connectivity index (χ0) is 13.4. The molecule has 0 fully saturated rings. The van der Waals surface area contributed by atoms with Crippen LogP contribution in [0.1, 0.15) is 0 Å². The summed E-state index contributed by atoms with van der Waals surface area (Å²) in [7, 11) is 0. The van der Waals surface area contributed by atoms with Gasteiger partial charge in [-0.2, -0.15) is 19.6 Å². The maximum atomic E-state index is 5.96. The summed E-state index contributed by atoms with van der Waals surface area (Å²) in [5.41, 5.74) is 0.758. The lowest BCUT2D eigenvalue weighted by atomic mass is 10.3. The fourth-order valence-corrected chi connectivity index (χ4v) is 2.07. The topological polar surface area (TPSA) is 55.1 Å². The molecule has 0 unspecified atom stereocenters. The molecular weight excluding hydrogens is 309 g/mol. The first kappa shape index (κ1) is 12.5.